The van der Waals surface area contributed by atoms with Gasteiger partial charge >= 0.3 is 12.1 Å². The lowest BCUT2D eigenvalue weighted by atomic mass is 9.91. The summed E-state index contributed by atoms with van der Waals surface area (Å²) in [5.41, 5.74) is -2.88. The van der Waals surface area contributed by atoms with Crippen LogP contribution < -0.4 is 0 Å². The molecule has 1 aromatic carbocycles. The molecule has 0 saturated heterocycles. The lowest BCUT2D eigenvalue weighted by Crippen LogP contribution is -2.22. The molecule has 0 aliphatic heterocycles. The number of methoxy groups -OCH3 is 1. The Morgan fingerprint density at radius 3 is 2.41 bits per heavy atom. The second-order valence-corrected chi connectivity index (χ2v) is 8.23. The van der Waals surface area contributed by atoms with Crippen LogP contribution in [0.1, 0.15) is 53.1 Å². The number of nitrogens with zero attached hydrogens (tertiary/aromatic N) is 2. The molecule has 0 bridgehead atoms. The summed E-state index contributed by atoms with van der Waals surface area (Å²) in [6, 6.07) is 6.80. The van der Waals surface area contributed by atoms with E-state index in [1.54, 1.807) is 38.1 Å². The van der Waals surface area contributed by atoms with Gasteiger partial charge in [0.25, 0.3) is 11.6 Å². The van der Waals surface area contributed by atoms with E-state index in [1.807, 2.05) is 0 Å². The van der Waals surface area contributed by atoms with Crippen molar-refractivity contribution in [1.82, 2.24) is 9.97 Å². The molecule has 0 N–H and O–H groups in total. The molecule has 0 radical (unpaired) electrons. The van der Waals surface area contributed by atoms with Gasteiger partial charge in [0.1, 0.15) is 16.9 Å². The number of halogens is 5. The van der Waals surface area contributed by atoms with Crippen molar-refractivity contribution in [2.24, 2.45) is 5.92 Å². The first kappa shape index (κ1) is 24.0. The zero-order chi connectivity index (χ0) is 23.6. The van der Waals surface area contributed by atoms with Gasteiger partial charge in [0.15, 0.2) is 5.58 Å². The maximum Gasteiger partial charge on any atom is 0.433 e. The van der Waals surface area contributed by atoms with E-state index in [0.717, 1.165) is 18.9 Å². The van der Waals surface area contributed by atoms with Gasteiger partial charge in [-0.2, -0.15) is 13.2 Å². The highest BCUT2D eigenvalue weighted by Gasteiger charge is 2.40. The van der Waals surface area contributed by atoms with Crippen molar-refractivity contribution >= 4 is 28.8 Å². The number of hydrogen-bond donors (Lipinski definition) is 0. The summed E-state index contributed by atoms with van der Waals surface area (Å²) >= 11 is 0.856. The third kappa shape index (κ3) is 5.03. The van der Waals surface area contributed by atoms with Crippen LogP contribution in [0.3, 0.4) is 0 Å². The molecule has 172 valence electrons. The SMILES string of the molecule is COC(=O)c1c(C(F)F)nc(C(F)(F)F)c(CSc2nc3ccccc3o2)c1CC(C)C. The number of carbonyl (C=O) groups excluding carboxylic acids is 1. The van der Waals surface area contributed by atoms with E-state index >= 15 is 0 Å². The van der Waals surface area contributed by atoms with Crippen molar-refractivity contribution in [3.63, 3.8) is 0 Å². The third-order valence-corrected chi connectivity index (χ3v) is 5.39. The Kier molecular flexibility index (Phi) is 7.06. The number of fused-ring (bicyclic) bond motifs is 1. The van der Waals surface area contributed by atoms with E-state index < -0.39 is 35.5 Å². The van der Waals surface area contributed by atoms with Crippen LogP contribution in [0.2, 0.25) is 0 Å². The summed E-state index contributed by atoms with van der Waals surface area (Å²) in [6.45, 7) is 3.41. The number of alkyl halides is 5. The number of ether oxygens (including phenoxy) is 1. The molecule has 32 heavy (non-hydrogen) atoms. The predicted octanol–water partition coefficient (Wildman–Crippen LogP) is 6.46. The fourth-order valence-corrected chi connectivity index (χ4v) is 4.14. The first-order chi connectivity index (χ1) is 15.0. The van der Waals surface area contributed by atoms with Crippen LogP contribution in [0.5, 0.6) is 0 Å². The van der Waals surface area contributed by atoms with Gasteiger partial charge < -0.3 is 9.15 Å². The minimum absolute atomic E-state index is 0.0563. The number of pyridine rings is 1. The van der Waals surface area contributed by atoms with Crippen molar-refractivity contribution in [3.05, 3.63) is 52.3 Å². The highest BCUT2D eigenvalue weighted by Crippen LogP contribution is 2.40. The highest BCUT2D eigenvalue weighted by molar-refractivity contribution is 7.98. The topological polar surface area (TPSA) is 65.2 Å². The summed E-state index contributed by atoms with van der Waals surface area (Å²) in [4.78, 5) is 19.7. The van der Waals surface area contributed by atoms with Gasteiger partial charge in [-0.1, -0.05) is 37.7 Å². The Bertz CT molecular complexity index is 1100. The van der Waals surface area contributed by atoms with E-state index in [1.165, 1.54) is 0 Å². The van der Waals surface area contributed by atoms with Gasteiger partial charge in [-0.25, -0.2) is 23.5 Å². The number of esters is 1. The van der Waals surface area contributed by atoms with E-state index in [9.17, 15) is 26.7 Å². The lowest BCUT2D eigenvalue weighted by Gasteiger charge is -2.22. The van der Waals surface area contributed by atoms with Crippen molar-refractivity contribution < 1.29 is 35.9 Å². The monoisotopic (exact) mass is 474 g/mol. The molecule has 2 heterocycles. The number of rotatable bonds is 7. The molecular formula is C21H19F5N2O3S. The molecular weight excluding hydrogens is 455 g/mol. The van der Waals surface area contributed by atoms with Crippen LogP contribution in [0.4, 0.5) is 22.0 Å². The van der Waals surface area contributed by atoms with Crippen LogP contribution in [0.25, 0.3) is 11.1 Å². The van der Waals surface area contributed by atoms with Crippen molar-refractivity contribution in [2.45, 2.75) is 43.8 Å². The average Bonchev–Trinajstić information content (AvgIpc) is 3.13. The van der Waals surface area contributed by atoms with Gasteiger partial charge in [0.2, 0.25) is 0 Å². The van der Waals surface area contributed by atoms with E-state index in [-0.39, 0.29) is 34.4 Å². The number of oxazole rings is 1. The normalized spacial score (nSPS) is 12.2. The van der Waals surface area contributed by atoms with E-state index in [4.69, 9.17) is 4.42 Å². The van der Waals surface area contributed by atoms with Crippen LogP contribution in [-0.2, 0) is 23.1 Å². The average molecular weight is 474 g/mol. The largest absolute Gasteiger partial charge is 0.465 e. The fourth-order valence-electron chi connectivity index (χ4n) is 3.25. The lowest BCUT2D eigenvalue weighted by molar-refractivity contribution is -0.142. The van der Waals surface area contributed by atoms with Crippen LogP contribution in [0.15, 0.2) is 33.9 Å². The third-order valence-electron chi connectivity index (χ3n) is 4.53. The molecule has 0 atom stereocenters. The van der Waals surface area contributed by atoms with Crippen molar-refractivity contribution in [2.75, 3.05) is 7.11 Å². The van der Waals surface area contributed by atoms with Gasteiger partial charge in [-0.05, 0) is 35.6 Å². The molecule has 0 saturated carbocycles. The Hall–Kier alpha value is -2.69. The Morgan fingerprint density at radius 1 is 1.16 bits per heavy atom. The minimum atomic E-state index is -5.01. The van der Waals surface area contributed by atoms with Crippen molar-refractivity contribution in [1.29, 1.82) is 0 Å². The number of benzene rings is 1. The quantitative estimate of drug-likeness (QED) is 0.223. The maximum absolute atomic E-state index is 13.8. The molecule has 0 fully saturated rings. The molecule has 5 nitrogen and oxygen atoms in total. The molecule has 0 amide bonds. The Labute approximate surface area is 184 Å². The summed E-state index contributed by atoms with van der Waals surface area (Å²) < 4.78 is 79.0. The molecule has 11 heteroatoms. The second-order valence-electron chi connectivity index (χ2n) is 7.30. The zero-order valence-corrected chi connectivity index (χ0v) is 18.1. The fraction of sp³-hybridized carbons (Fsp3) is 0.381. The number of aromatic nitrogens is 2. The van der Waals surface area contributed by atoms with Crippen LogP contribution >= 0.6 is 11.8 Å². The van der Waals surface area contributed by atoms with E-state index in [0.29, 0.717) is 11.1 Å². The van der Waals surface area contributed by atoms with Gasteiger partial charge in [0.05, 0.1) is 12.7 Å². The number of carbonyl (C=O) groups is 1. The smallest absolute Gasteiger partial charge is 0.433 e. The summed E-state index contributed by atoms with van der Waals surface area (Å²) in [5.74, 6) is -1.74. The van der Waals surface area contributed by atoms with Crippen LogP contribution in [0, 0.1) is 5.92 Å². The minimum Gasteiger partial charge on any atom is -0.465 e. The van der Waals surface area contributed by atoms with Gasteiger partial charge in [-0.3, -0.25) is 0 Å². The Morgan fingerprint density at radius 2 is 1.84 bits per heavy atom. The van der Waals surface area contributed by atoms with Crippen molar-refractivity contribution in [3.8, 4) is 0 Å². The highest BCUT2D eigenvalue weighted by atomic mass is 32.2. The molecule has 0 aliphatic rings. The summed E-state index contributed by atoms with van der Waals surface area (Å²) in [5, 5.41) is 0.104. The number of para-hydroxylation sites is 2. The summed E-state index contributed by atoms with van der Waals surface area (Å²) in [7, 11) is 0.973. The predicted molar refractivity (Wildman–Crippen MR) is 108 cm³/mol. The molecule has 0 spiro atoms. The number of hydrogen-bond acceptors (Lipinski definition) is 6. The molecule has 2 aromatic heterocycles. The summed E-state index contributed by atoms with van der Waals surface area (Å²) in [6.07, 6.45) is -8.46. The standard InChI is InChI=1S/C21H19F5N2O3S/c1-10(2)8-11-12(9-32-20-27-13-6-4-5-7-14(13)31-20)17(21(24,25)26)28-16(18(22)23)15(11)19(29)30-3/h4-7,10,18H,8-9H2,1-3H3. The van der Waals surface area contributed by atoms with Gasteiger partial charge in [-0.15, -0.1) is 0 Å². The maximum atomic E-state index is 13.8. The molecule has 0 unspecified atom stereocenters. The van der Waals surface area contributed by atoms with E-state index in [2.05, 4.69) is 14.7 Å². The molecule has 3 aromatic rings. The second kappa shape index (κ2) is 9.43. The van der Waals surface area contributed by atoms with Gasteiger partial charge in [0, 0.05) is 5.75 Å². The molecule has 3 rings (SSSR count). The van der Waals surface area contributed by atoms with Crippen LogP contribution in [-0.4, -0.2) is 23.0 Å². The first-order valence-electron chi connectivity index (χ1n) is 9.50. The Balaban J connectivity index is 2.18. The first-order valence-corrected chi connectivity index (χ1v) is 10.5. The number of thioether (sulfide) groups is 1. The molecule has 0 aliphatic carbocycles. The zero-order valence-electron chi connectivity index (χ0n) is 17.3.